The van der Waals surface area contributed by atoms with Gasteiger partial charge in [-0.05, 0) is 38.1 Å². The zero-order valence-electron chi connectivity index (χ0n) is 9.87. The lowest BCUT2D eigenvalue weighted by Crippen LogP contribution is -2.15. The van der Waals surface area contributed by atoms with Crippen molar-refractivity contribution in [3.8, 4) is 5.75 Å². The molecule has 3 rings (SSSR count). The lowest BCUT2D eigenvalue weighted by Gasteiger charge is -2.07. The molecule has 1 N–H and O–H groups in total. The van der Waals surface area contributed by atoms with Gasteiger partial charge in [-0.1, -0.05) is 0 Å². The SMILES string of the molecule is CN1CCC(Cc2nc3ccc(O)cn3n2)C1. The molecule has 2 aromatic heterocycles. The van der Waals surface area contributed by atoms with E-state index in [0.29, 0.717) is 5.92 Å². The minimum Gasteiger partial charge on any atom is -0.506 e. The summed E-state index contributed by atoms with van der Waals surface area (Å²) in [6.45, 7) is 2.29. The number of fused-ring (bicyclic) bond motifs is 1. The predicted octanol–water partition coefficient (Wildman–Crippen LogP) is 0.929. The zero-order chi connectivity index (χ0) is 11.8. The Kier molecular flexibility index (Phi) is 2.48. The van der Waals surface area contributed by atoms with E-state index in [0.717, 1.165) is 24.4 Å². The van der Waals surface area contributed by atoms with E-state index in [1.54, 1.807) is 22.8 Å². The van der Waals surface area contributed by atoms with Gasteiger partial charge >= 0.3 is 0 Å². The molecule has 0 bridgehead atoms. The van der Waals surface area contributed by atoms with E-state index >= 15 is 0 Å². The Morgan fingerprint density at radius 2 is 2.35 bits per heavy atom. The van der Waals surface area contributed by atoms with Gasteiger partial charge in [0.25, 0.3) is 0 Å². The molecule has 90 valence electrons. The highest BCUT2D eigenvalue weighted by molar-refractivity contribution is 5.40. The molecule has 0 spiro atoms. The Bertz CT molecular complexity index is 536. The molecular formula is C12H16N4O. The average molecular weight is 232 g/mol. The minimum atomic E-state index is 0.217. The number of likely N-dealkylation sites (tertiary alicyclic amines) is 1. The van der Waals surface area contributed by atoms with E-state index in [-0.39, 0.29) is 5.75 Å². The molecule has 1 atom stereocenters. The number of hydrogen-bond acceptors (Lipinski definition) is 4. The molecule has 5 nitrogen and oxygen atoms in total. The van der Waals surface area contributed by atoms with E-state index in [4.69, 9.17) is 0 Å². The number of rotatable bonds is 2. The number of nitrogens with zero attached hydrogens (tertiary/aromatic N) is 4. The minimum absolute atomic E-state index is 0.217. The van der Waals surface area contributed by atoms with Crippen LogP contribution in [0.25, 0.3) is 5.65 Å². The Morgan fingerprint density at radius 1 is 1.47 bits per heavy atom. The van der Waals surface area contributed by atoms with Gasteiger partial charge in [-0.25, -0.2) is 9.50 Å². The van der Waals surface area contributed by atoms with Gasteiger partial charge in [0.15, 0.2) is 11.5 Å². The summed E-state index contributed by atoms with van der Waals surface area (Å²) in [6.07, 6.45) is 3.73. The molecule has 3 heterocycles. The molecular weight excluding hydrogens is 216 g/mol. The molecule has 5 heteroatoms. The summed E-state index contributed by atoms with van der Waals surface area (Å²) in [7, 11) is 2.15. The van der Waals surface area contributed by atoms with E-state index in [9.17, 15) is 5.11 Å². The maximum Gasteiger partial charge on any atom is 0.155 e. The normalized spacial score (nSPS) is 21.4. The number of aromatic nitrogens is 3. The van der Waals surface area contributed by atoms with Crippen molar-refractivity contribution in [3.05, 3.63) is 24.2 Å². The van der Waals surface area contributed by atoms with Crippen LogP contribution < -0.4 is 0 Å². The molecule has 0 aliphatic carbocycles. The molecule has 0 aromatic carbocycles. The van der Waals surface area contributed by atoms with Gasteiger partial charge in [0.2, 0.25) is 0 Å². The van der Waals surface area contributed by atoms with Crippen molar-refractivity contribution in [2.45, 2.75) is 12.8 Å². The average Bonchev–Trinajstić information content (AvgIpc) is 2.84. The van der Waals surface area contributed by atoms with Crippen LogP contribution in [0.1, 0.15) is 12.2 Å². The summed E-state index contributed by atoms with van der Waals surface area (Å²) in [5.74, 6) is 1.75. The lowest BCUT2D eigenvalue weighted by molar-refractivity contribution is 0.392. The number of pyridine rings is 1. The Labute approximate surface area is 99.7 Å². The fourth-order valence-corrected chi connectivity index (χ4v) is 2.46. The van der Waals surface area contributed by atoms with Crippen LogP contribution >= 0.6 is 0 Å². The molecule has 0 radical (unpaired) electrons. The van der Waals surface area contributed by atoms with E-state index in [1.165, 1.54) is 13.0 Å². The van der Waals surface area contributed by atoms with Crippen LogP contribution in [-0.2, 0) is 6.42 Å². The van der Waals surface area contributed by atoms with Crippen molar-refractivity contribution in [1.82, 2.24) is 19.5 Å². The first-order chi connectivity index (χ1) is 8.20. The largest absolute Gasteiger partial charge is 0.506 e. The summed E-state index contributed by atoms with van der Waals surface area (Å²) < 4.78 is 1.64. The highest BCUT2D eigenvalue weighted by Crippen LogP contribution is 2.18. The third-order valence-corrected chi connectivity index (χ3v) is 3.32. The van der Waals surface area contributed by atoms with Crippen molar-refractivity contribution < 1.29 is 5.11 Å². The molecule has 1 fully saturated rings. The van der Waals surface area contributed by atoms with E-state index in [1.807, 2.05) is 0 Å². The second kappa shape index (κ2) is 4.00. The first-order valence-electron chi connectivity index (χ1n) is 5.93. The van der Waals surface area contributed by atoms with Gasteiger partial charge in [-0.3, -0.25) is 0 Å². The fraction of sp³-hybridized carbons (Fsp3) is 0.500. The zero-order valence-corrected chi connectivity index (χ0v) is 9.87. The maximum absolute atomic E-state index is 9.36. The first-order valence-corrected chi connectivity index (χ1v) is 5.93. The third-order valence-electron chi connectivity index (χ3n) is 3.32. The van der Waals surface area contributed by atoms with Gasteiger partial charge < -0.3 is 10.0 Å². The molecule has 1 saturated heterocycles. The summed E-state index contributed by atoms with van der Waals surface area (Å²) in [5, 5.41) is 13.8. The Hall–Kier alpha value is -1.62. The van der Waals surface area contributed by atoms with Gasteiger partial charge in [-0.15, -0.1) is 0 Å². The first kappa shape index (κ1) is 10.5. The maximum atomic E-state index is 9.36. The molecule has 17 heavy (non-hydrogen) atoms. The van der Waals surface area contributed by atoms with E-state index < -0.39 is 0 Å². The third kappa shape index (κ3) is 2.10. The van der Waals surface area contributed by atoms with Crippen LogP contribution in [-0.4, -0.2) is 44.7 Å². The van der Waals surface area contributed by atoms with Crippen molar-refractivity contribution in [3.63, 3.8) is 0 Å². The summed E-state index contributed by atoms with van der Waals surface area (Å²) in [6, 6.07) is 3.42. The highest BCUT2D eigenvalue weighted by atomic mass is 16.3. The molecule has 0 amide bonds. The number of aromatic hydroxyl groups is 1. The summed E-state index contributed by atoms with van der Waals surface area (Å²) >= 11 is 0. The summed E-state index contributed by atoms with van der Waals surface area (Å²) in [5.41, 5.74) is 0.796. The fourth-order valence-electron chi connectivity index (χ4n) is 2.46. The topological polar surface area (TPSA) is 53.7 Å². The second-order valence-electron chi connectivity index (χ2n) is 4.84. The second-order valence-corrected chi connectivity index (χ2v) is 4.84. The van der Waals surface area contributed by atoms with Crippen LogP contribution in [0.4, 0.5) is 0 Å². The van der Waals surface area contributed by atoms with Crippen LogP contribution in [0.5, 0.6) is 5.75 Å². The van der Waals surface area contributed by atoms with Gasteiger partial charge in [0.1, 0.15) is 5.75 Å². The number of hydrogen-bond donors (Lipinski definition) is 1. The molecule has 0 saturated carbocycles. The van der Waals surface area contributed by atoms with Gasteiger partial charge in [0.05, 0.1) is 6.20 Å². The van der Waals surface area contributed by atoms with Gasteiger partial charge in [-0.2, -0.15) is 5.10 Å². The van der Waals surface area contributed by atoms with Crippen molar-refractivity contribution in [1.29, 1.82) is 0 Å². The van der Waals surface area contributed by atoms with E-state index in [2.05, 4.69) is 22.0 Å². The monoisotopic (exact) mass is 232 g/mol. The smallest absolute Gasteiger partial charge is 0.155 e. The quantitative estimate of drug-likeness (QED) is 0.837. The van der Waals surface area contributed by atoms with Crippen LogP contribution in [0.15, 0.2) is 18.3 Å². The molecule has 1 unspecified atom stereocenters. The highest BCUT2D eigenvalue weighted by Gasteiger charge is 2.21. The Morgan fingerprint density at radius 3 is 3.12 bits per heavy atom. The molecule has 2 aromatic rings. The van der Waals surface area contributed by atoms with Crippen LogP contribution in [0, 0.1) is 5.92 Å². The Balaban J connectivity index is 1.81. The predicted molar refractivity (Wildman–Crippen MR) is 64.0 cm³/mol. The molecule has 1 aliphatic rings. The van der Waals surface area contributed by atoms with Crippen LogP contribution in [0.3, 0.4) is 0 Å². The van der Waals surface area contributed by atoms with Crippen molar-refractivity contribution in [2.24, 2.45) is 5.92 Å². The van der Waals surface area contributed by atoms with Crippen molar-refractivity contribution in [2.75, 3.05) is 20.1 Å². The van der Waals surface area contributed by atoms with Crippen LogP contribution in [0.2, 0.25) is 0 Å². The van der Waals surface area contributed by atoms with Gasteiger partial charge in [0, 0.05) is 13.0 Å². The lowest BCUT2D eigenvalue weighted by atomic mass is 10.1. The standard InChI is InChI=1S/C12H16N4O/c1-15-5-4-9(7-15)6-11-13-12-3-2-10(17)8-16(12)14-11/h2-3,8-9,17H,4-7H2,1H3. The molecule has 1 aliphatic heterocycles. The van der Waals surface area contributed by atoms with Crippen molar-refractivity contribution >= 4 is 5.65 Å². The summed E-state index contributed by atoms with van der Waals surface area (Å²) in [4.78, 5) is 6.80.